The summed E-state index contributed by atoms with van der Waals surface area (Å²) in [5, 5.41) is 2.91. The second kappa shape index (κ2) is 6.69. The number of aromatic nitrogens is 1. The number of anilines is 1. The summed E-state index contributed by atoms with van der Waals surface area (Å²) in [4.78, 5) is 22.0. The summed E-state index contributed by atoms with van der Waals surface area (Å²) in [5.74, 6) is 0.491. The van der Waals surface area contributed by atoms with Gasteiger partial charge in [-0.1, -0.05) is 13.3 Å². The molecule has 0 radical (unpaired) electrons. The van der Waals surface area contributed by atoms with E-state index in [4.69, 9.17) is 4.74 Å². The number of aliphatic imine (C=N–C) groups is 1. The molecule has 0 spiro atoms. The summed E-state index contributed by atoms with van der Waals surface area (Å²) in [6, 6.07) is 1.95. The Balaban J connectivity index is 2.73. The maximum Gasteiger partial charge on any atom is 0.241 e. The molecule has 2 heterocycles. The van der Waals surface area contributed by atoms with Crippen molar-refractivity contribution in [3.05, 3.63) is 22.3 Å². The molecule has 1 N–H and O–H groups in total. The van der Waals surface area contributed by atoms with E-state index in [9.17, 15) is 4.79 Å². The fourth-order valence-corrected chi connectivity index (χ4v) is 3.79. The highest BCUT2D eigenvalue weighted by molar-refractivity contribution is 9.10. The van der Waals surface area contributed by atoms with Gasteiger partial charge in [0.2, 0.25) is 5.91 Å². The molecule has 0 saturated carbocycles. The van der Waals surface area contributed by atoms with Crippen molar-refractivity contribution < 1.29 is 9.53 Å². The SMILES string of the molecule is C/C=N\C(C)(OC(C)C)[C@@]1(CCC)C(=O)Nc2ncc(Br)cc21. The summed E-state index contributed by atoms with van der Waals surface area (Å²) < 4.78 is 7.02. The number of hydrogen-bond donors (Lipinski definition) is 1. The van der Waals surface area contributed by atoms with Gasteiger partial charge < -0.3 is 10.1 Å². The molecular formula is C17H24BrN3O2. The maximum absolute atomic E-state index is 13.0. The van der Waals surface area contributed by atoms with Gasteiger partial charge in [0.15, 0.2) is 5.72 Å². The van der Waals surface area contributed by atoms with Gasteiger partial charge in [0.05, 0.1) is 6.10 Å². The first kappa shape index (κ1) is 18.1. The summed E-state index contributed by atoms with van der Waals surface area (Å²) in [6.45, 7) is 9.70. The first-order chi connectivity index (χ1) is 10.8. The highest BCUT2D eigenvalue weighted by Gasteiger charge is 2.60. The van der Waals surface area contributed by atoms with Crippen LogP contribution in [-0.4, -0.2) is 28.9 Å². The second-order valence-electron chi connectivity index (χ2n) is 6.20. The van der Waals surface area contributed by atoms with Crippen LogP contribution in [0.15, 0.2) is 21.7 Å². The third-order valence-corrected chi connectivity index (χ3v) is 4.62. The van der Waals surface area contributed by atoms with Crippen LogP contribution in [0.2, 0.25) is 0 Å². The monoisotopic (exact) mass is 381 g/mol. The van der Waals surface area contributed by atoms with Crippen LogP contribution in [0.1, 0.15) is 53.0 Å². The Morgan fingerprint density at radius 3 is 2.83 bits per heavy atom. The van der Waals surface area contributed by atoms with E-state index in [1.165, 1.54) is 0 Å². The first-order valence-electron chi connectivity index (χ1n) is 7.96. The number of pyridine rings is 1. The zero-order chi connectivity index (χ0) is 17.3. The molecule has 1 unspecified atom stereocenters. The Hall–Kier alpha value is -1.27. The molecule has 1 amide bonds. The highest BCUT2D eigenvalue weighted by atomic mass is 79.9. The Kier molecular flexibility index (Phi) is 5.26. The summed E-state index contributed by atoms with van der Waals surface area (Å²) in [6.07, 6.45) is 4.79. The van der Waals surface area contributed by atoms with Gasteiger partial charge in [-0.15, -0.1) is 0 Å². The smallest absolute Gasteiger partial charge is 0.241 e. The largest absolute Gasteiger partial charge is 0.350 e. The van der Waals surface area contributed by atoms with E-state index in [0.717, 1.165) is 16.5 Å². The zero-order valence-corrected chi connectivity index (χ0v) is 15.9. The topological polar surface area (TPSA) is 63.6 Å². The lowest BCUT2D eigenvalue weighted by molar-refractivity contribution is -0.146. The van der Waals surface area contributed by atoms with E-state index in [1.807, 2.05) is 33.8 Å². The number of nitrogens with zero attached hydrogens (tertiary/aromatic N) is 2. The predicted molar refractivity (Wildman–Crippen MR) is 95.9 cm³/mol. The van der Waals surface area contributed by atoms with Crippen molar-refractivity contribution in [2.24, 2.45) is 4.99 Å². The molecule has 0 fully saturated rings. The minimum Gasteiger partial charge on any atom is -0.350 e. The number of amides is 1. The average molecular weight is 382 g/mol. The van der Waals surface area contributed by atoms with E-state index in [2.05, 4.69) is 38.1 Å². The van der Waals surface area contributed by atoms with Crippen molar-refractivity contribution in [2.75, 3.05) is 5.32 Å². The van der Waals surface area contributed by atoms with Crippen LogP contribution in [-0.2, 0) is 14.9 Å². The van der Waals surface area contributed by atoms with E-state index in [1.54, 1.807) is 12.4 Å². The van der Waals surface area contributed by atoms with Crippen LogP contribution in [0, 0.1) is 0 Å². The average Bonchev–Trinajstić information content (AvgIpc) is 2.72. The molecule has 6 heteroatoms. The Bertz CT molecular complexity index is 632. The lowest BCUT2D eigenvalue weighted by Crippen LogP contribution is -2.55. The lowest BCUT2D eigenvalue weighted by atomic mass is 9.70. The van der Waals surface area contributed by atoms with Gasteiger partial charge in [-0.2, -0.15) is 0 Å². The number of ether oxygens (including phenoxy) is 1. The molecule has 5 nitrogen and oxygen atoms in total. The molecule has 2 rings (SSSR count). The fourth-order valence-electron chi connectivity index (χ4n) is 3.46. The molecule has 0 saturated heterocycles. The number of hydrogen-bond acceptors (Lipinski definition) is 4. The highest BCUT2D eigenvalue weighted by Crippen LogP contribution is 2.50. The third-order valence-electron chi connectivity index (χ3n) is 4.19. The molecule has 0 aliphatic carbocycles. The molecule has 1 aliphatic heterocycles. The Morgan fingerprint density at radius 1 is 1.57 bits per heavy atom. The number of carbonyl (C=O) groups excluding carboxylic acids is 1. The van der Waals surface area contributed by atoms with Crippen molar-refractivity contribution in [2.45, 2.75) is 64.7 Å². The van der Waals surface area contributed by atoms with Gasteiger partial charge in [0.25, 0.3) is 0 Å². The molecule has 1 aromatic heterocycles. The van der Waals surface area contributed by atoms with Gasteiger partial charge in [0.1, 0.15) is 11.2 Å². The predicted octanol–water partition coefficient (Wildman–Crippen LogP) is 4.07. The van der Waals surface area contributed by atoms with Crippen LogP contribution in [0.3, 0.4) is 0 Å². The first-order valence-corrected chi connectivity index (χ1v) is 8.75. The minimum atomic E-state index is -0.996. The van der Waals surface area contributed by atoms with E-state index < -0.39 is 11.1 Å². The number of halogens is 1. The standard InChI is InChI=1S/C17H24BrN3O2/c1-6-8-17(16(5,20-7-2)23-11(3)4)13-9-12(18)10-19-14(13)21-15(17)22/h7,9-11H,6,8H2,1-5H3,(H,19,21,22)/b20-7-/t16?,17-/m1/s1. The third kappa shape index (κ3) is 2.94. The van der Waals surface area contributed by atoms with Crippen molar-refractivity contribution in [1.29, 1.82) is 0 Å². The van der Waals surface area contributed by atoms with E-state index in [-0.39, 0.29) is 12.0 Å². The quantitative estimate of drug-likeness (QED) is 0.755. The number of fused-ring (bicyclic) bond motifs is 1. The van der Waals surface area contributed by atoms with E-state index >= 15 is 0 Å². The minimum absolute atomic E-state index is 0.0607. The van der Waals surface area contributed by atoms with Crippen LogP contribution >= 0.6 is 15.9 Å². The van der Waals surface area contributed by atoms with Crippen LogP contribution < -0.4 is 5.32 Å². The van der Waals surface area contributed by atoms with E-state index in [0.29, 0.717) is 12.2 Å². The van der Waals surface area contributed by atoms with Crippen molar-refractivity contribution in [1.82, 2.24) is 4.98 Å². The second-order valence-corrected chi connectivity index (χ2v) is 7.11. The van der Waals surface area contributed by atoms with Gasteiger partial charge in [-0.3, -0.25) is 9.79 Å². The molecule has 2 atom stereocenters. The zero-order valence-electron chi connectivity index (χ0n) is 14.3. The Morgan fingerprint density at radius 2 is 2.26 bits per heavy atom. The molecular weight excluding hydrogens is 358 g/mol. The summed E-state index contributed by atoms with van der Waals surface area (Å²) in [7, 11) is 0. The Labute approximate surface area is 146 Å². The molecule has 1 aromatic rings. The lowest BCUT2D eigenvalue weighted by Gasteiger charge is -2.42. The summed E-state index contributed by atoms with van der Waals surface area (Å²) in [5.41, 5.74) is -1.05. The molecule has 0 aromatic carbocycles. The maximum atomic E-state index is 13.0. The van der Waals surface area contributed by atoms with Crippen molar-refractivity contribution >= 4 is 33.9 Å². The van der Waals surface area contributed by atoms with Crippen LogP contribution in [0.25, 0.3) is 0 Å². The van der Waals surface area contributed by atoms with Gasteiger partial charge in [-0.05, 0) is 62.3 Å². The summed E-state index contributed by atoms with van der Waals surface area (Å²) >= 11 is 3.46. The molecule has 1 aliphatic rings. The fraction of sp³-hybridized carbons (Fsp3) is 0.588. The number of rotatable bonds is 6. The van der Waals surface area contributed by atoms with Gasteiger partial charge in [0, 0.05) is 16.2 Å². The van der Waals surface area contributed by atoms with Crippen molar-refractivity contribution in [3.8, 4) is 0 Å². The normalized spacial score (nSPS) is 23.2. The van der Waals surface area contributed by atoms with Crippen LogP contribution in [0.5, 0.6) is 0 Å². The van der Waals surface area contributed by atoms with Gasteiger partial charge in [-0.25, -0.2) is 4.98 Å². The number of nitrogens with one attached hydrogen (secondary N) is 1. The van der Waals surface area contributed by atoms with Crippen molar-refractivity contribution in [3.63, 3.8) is 0 Å². The number of carbonyl (C=O) groups is 1. The van der Waals surface area contributed by atoms with Gasteiger partial charge >= 0.3 is 0 Å². The molecule has 0 bridgehead atoms. The van der Waals surface area contributed by atoms with Crippen LogP contribution in [0.4, 0.5) is 5.82 Å². The molecule has 126 valence electrons. The molecule has 23 heavy (non-hydrogen) atoms.